The van der Waals surface area contributed by atoms with Crippen LogP contribution in [0.4, 0.5) is 0 Å². The standard InChI is InChI=1S/C21H19NO3S/c1-14-19(15(2)23)13-22(16-7-5-4-6-8-16)21(24)20(14)26-18-11-9-17(25-3)10-12-18/h4-13H,1-3H3. The summed E-state index contributed by atoms with van der Waals surface area (Å²) in [5, 5.41) is 0. The molecule has 0 saturated carbocycles. The molecule has 0 unspecified atom stereocenters. The van der Waals surface area contributed by atoms with E-state index >= 15 is 0 Å². The summed E-state index contributed by atoms with van der Waals surface area (Å²) in [6.45, 7) is 3.34. The lowest BCUT2D eigenvalue weighted by Crippen LogP contribution is -2.23. The molecule has 0 aliphatic heterocycles. The fourth-order valence-corrected chi connectivity index (χ4v) is 3.65. The molecular weight excluding hydrogens is 346 g/mol. The number of rotatable bonds is 5. The average Bonchev–Trinajstić information content (AvgIpc) is 2.66. The van der Waals surface area contributed by atoms with Crippen LogP contribution in [0.15, 0.2) is 75.4 Å². The Hall–Kier alpha value is -2.79. The van der Waals surface area contributed by atoms with Gasteiger partial charge in [0.2, 0.25) is 0 Å². The number of pyridine rings is 1. The van der Waals surface area contributed by atoms with E-state index < -0.39 is 0 Å². The summed E-state index contributed by atoms with van der Waals surface area (Å²) in [6.07, 6.45) is 1.63. The van der Waals surface area contributed by atoms with Crippen molar-refractivity contribution < 1.29 is 9.53 Å². The minimum Gasteiger partial charge on any atom is -0.497 e. The van der Waals surface area contributed by atoms with Crippen LogP contribution in [-0.2, 0) is 0 Å². The van der Waals surface area contributed by atoms with Crippen LogP contribution in [0.25, 0.3) is 5.69 Å². The third kappa shape index (κ3) is 3.58. The van der Waals surface area contributed by atoms with Crippen LogP contribution in [0, 0.1) is 6.92 Å². The molecule has 0 fully saturated rings. The van der Waals surface area contributed by atoms with Gasteiger partial charge in [0.05, 0.1) is 12.0 Å². The highest BCUT2D eigenvalue weighted by molar-refractivity contribution is 7.99. The lowest BCUT2D eigenvalue weighted by Gasteiger charge is -2.14. The summed E-state index contributed by atoms with van der Waals surface area (Å²) in [7, 11) is 1.61. The number of ether oxygens (including phenoxy) is 1. The van der Waals surface area contributed by atoms with Crippen LogP contribution in [0.1, 0.15) is 22.8 Å². The first-order chi connectivity index (χ1) is 12.5. The number of aromatic nitrogens is 1. The van der Waals surface area contributed by atoms with Gasteiger partial charge in [-0.2, -0.15) is 0 Å². The van der Waals surface area contributed by atoms with E-state index in [1.807, 2.05) is 61.5 Å². The first-order valence-corrected chi connectivity index (χ1v) is 8.97. The van der Waals surface area contributed by atoms with Crippen LogP contribution >= 0.6 is 11.8 Å². The van der Waals surface area contributed by atoms with Gasteiger partial charge in [-0.3, -0.25) is 14.2 Å². The molecule has 26 heavy (non-hydrogen) atoms. The highest BCUT2D eigenvalue weighted by Crippen LogP contribution is 2.30. The maximum absolute atomic E-state index is 13.1. The Bertz CT molecular complexity index is 992. The predicted molar refractivity (Wildman–Crippen MR) is 104 cm³/mol. The van der Waals surface area contributed by atoms with E-state index in [0.717, 1.165) is 16.3 Å². The van der Waals surface area contributed by atoms with Gasteiger partial charge in [0, 0.05) is 22.3 Å². The Balaban J connectivity index is 2.15. The van der Waals surface area contributed by atoms with E-state index in [1.54, 1.807) is 13.3 Å². The maximum atomic E-state index is 13.1. The second-order valence-corrected chi connectivity index (χ2v) is 6.93. The lowest BCUT2D eigenvalue weighted by molar-refractivity contribution is 0.101. The number of ketones is 1. The van der Waals surface area contributed by atoms with Crippen LogP contribution in [0.2, 0.25) is 0 Å². The van der Waals surface area contributed by atoms with Crippen LogP contribution in [0.5, 0.6) is 5.75 Å². The smallest absolute Gasteiger partial charge is 0.269 e. The minimum absolute atomic E-state index is 0.0660. The van der Waals surface area contributed by atoms with Gasteiger partial charge in [0.25, 0.3) is 5.56 Å². The molecule has 3 rings (SSSR count). The van der Waals surface area contributed by atoms with Gasteiger partial charge >= 0.3 is 0 Å². The minimum atomic E-state index is -0.139. The largest absolute Gasteiger partial charge is 0.497 e. The Morgan fingerprint density at radius 1 is 1.04 bits per heavy atom. The van der Waals surface area contributed by atoms with E-state index in [1.165, 1.54) is 23.3 Å². The first-order valence-electron chi connectivity index (χ1n) is 8.16. The molecule has 0 saturated heterocycles. The molecule has 0 amide bonds. The van der Waals surface area contributed by atoms with E-state index in [0.29, 0.717) is 16.0 Å². The highest BCUT2D eigenvalue weighted by atomic mass is 32.2. The highest BCUT2D eigenvalue weighted by Gasteiger charge is 2.17. The summed E-state index contributed by atoms with van der Waals surface area (Å²) in [5.74, 6) is 0.689. The number of carbonyl (C=O) groups excluding carboxylic acids is 1. The molecule has 0 spiro atoms. The van der Waals surface area contributed by atoms with Gasteiger partial charge in [-0.05, 0) is 55.8 Å². The van der Waals surface area contributed by atoms with Gasteiger partial charge < -0.3 is 4.74 Å². The van der Waals surface area contributed by atoms with Crippen molar-refractivity contribution in [1.82, 2.24) is 4.57 Å². The third-order valence-electron chi connectivity index (χ3n) is 4.11. The summed E-state index contributed by atoms with van der Waals surface area (Å²) < 4.78 is 6.71. The van der Waals surface area contributed by atoms with Crippen molar-refractivity contribution in [2.45, 2.75) is 23.6 Å². The van der Waals surface area contributed by atoms with Crippen molar-refractivity contribution in [3.8, 4) is 11.4 Å². The average molecular weight is 365 g/mol. The number of carbonyl (C=O) groups is 1. The van der Waals surface area contributed by atoms with Crippen molar-refractivity contribution in [1.29, 1.82) is 0 Å². The van der Waals surface area contributed by atoms with Crippen molar-refractivity contribution in [3.63, 3.8) is 0 Å². The quantitative estimate of drug-likeness (QED) is 0.624. The number of methoxy groups -OCH3 is 1. The zero-order valence-corrected chi connectivity index (χ0v) is 15.7. The van der Waals surface area contributed by atoms with Crippen LogP contribution < -0.4 is 10.3 Å². The van der Waals surface area contributed by atoms with Crippen molar-refractivity contribution >= 4 is 17.5 Å². The van der Waals surface area contributed by atoms with Crippen molar-refractivity contribution in [3.05, 3.63) is 82.3 Å². The Kier molecular flexibility index (Phi) is 5.28. The third-order valence-corrected chi connectivity index (χ3v) is 5.30. The Morgan fingerprint density at radius 2 is 1.69 bits per heavy atom. The van der Waals surface area contributed by atoms with Crippen molar-refractivity contribution in [2.24, 2.45) is 0 Å². The van der Waals surface area contributed by atoms with Gasteiger partial charge in [-0.15, -0.1) is 0 Å². The molecule has 0 aliphatic carbocycles. The maximum Gasteiger partial charge on any atom is 0.269 e. The fourth-order valence-electron chi connectivity index (χ4n) is 2.69. The van der Waals surface area contributed by atoms with E-state index in [2.05, 4.69) is 0 Å². The summed E-state index contributed by atoms with van der Waals surface area (Å²) in [5.41, 5.74) is 1.84. The van der Waals surface area contributed by atoms with Gasteiger partial charge in [-0.1, -0.05) is 30.0 Å². The summed E-state index contributed by atoms with van der Waals surface area (Å²) >= 11 is 1.36. The fraction of sp³-hybridized carbons (Fsp3) is 0.143. The number of hydrogen-bond donors (Lipinski definition) is 0. The number of nitrogens with zero attached hydrogens (tertiary/aromatic N) is 1. The van der Waals surface area contributed by atoms with E-state index in [4.69, 9.17) is 4.74 Å². The molecule has 1 aromatic heterocycles. The molecule has 5 heteroatoms. The van der Waals surface area contributed by atoms with E-state index in [9.17, 15) is 9.59 Å². The predicted octanol–water partition coefficient (Wildman–Crippen LogP) is 4.51. The van der Waals surface area contributed by atoms with Crippen LogP contribution in [0.3, 0.4) is 0 Å². The Morgan fingerprint density at radius 3 is 2.27 bits per heavy atom. The molecule has 3 aromatic rings. The molecule has 0 radical (unpaired) electrons. The number of benzene rings is 2. The molecule has 2 aromatic carbocycles. The molecule has 132 valence electrons. The zero-order chi connectivity index (χ0) is 18.7. The Labute approximate surface area is 156 Å². The van der Waals surface area contributed by atoms with Gasteiger partial charge in [0.15, 0.2) is 5.78 Å². The molecule has 4 nitrogen and oxygen atoms in total. The molecular formula is C21H19NO3S. The lowest BCUT2D eigenvalue weighted by atomic mass is 10.1. The van der Waals surface area contributed by atoms with Gasteiger partial charge in [0.1, 0.15) is 5.75 Å². The zero-order valence-electron chi connectivity index (χ0n) is 14.9. The molecule has 0 N–H and O–H groups in total. The number of Topliss-reactive ketones (excluding diaryl/α,β-unsaturated/α-hetero) is 1. The first kappa shape index (κ1) is 18.0. The molecule has 1 heterocycles. The number of hydrogen-bond acceptors (Lipinski definition) is 4. The van der Waals surface area contributed by atoms with Crippen LogP contribution in [-0.4, -0.2) is 17.5 Å². The normalized spacial score (nSPS) is 10.6. The second-order valence-electron chi connectivity index (χ2n) is 5.84. The second kappa shape index (κ2) is 7.62. The van der Waals surface area contributed by atoms with Crippen molar-refractivity contribution in [2.75, 3.05) is 7.11 Å². The van der Waals surface area contributed by atoms with Gasteiger partial charge in [-0.25, -0.2) is 0 Å². The summed E-state index contributed by atoms with van der Waals surface area (Å²) in [4.78, 5) is 26.7. The molecule has 0 bridgehead atoms. The topological polar surface area (TPSA) is 48.3 Å². The van der Waals surface area contributed by atoms with E-state index in [-0.39, 0.29) is 11.3 Å². The molecule has 0 aliphatic rings. The number of para-hydroxylation sites is 1. The summed E-state index contributed by atoms with van der Waals surface area (Å²) in [6, 6.07) is 16.8. The monoisotopic (exact) mass is 365 g/mol. The molecule has 0 atom stereocenters. The SMILES string of the molecule is COc1ccc(Sc2c(C)c(C(C)=O)cn(-c3ccccc3)c2=O)cc1.